The minimum absolute atomic E-state index is 0.285. The third-order valence-electron chi connectivity index (χ3n) is 3.32. The summed E-state index contributed by atoms with van der Waals surface area (Å²) in [6.45, 7) is 5.86. The first-order valence-electron chi connectivity index (χ1n) is 7.95. The van der Waals surface area contributed by atoms with Gasteiger partial charge in [-0.15, -0.1) is 11.3 Å². The van der Waals surface area contributed by atoms with Crippen LogP contribution in [0.25, 0.3) is 0 Å². The van der Waals surface area contributed by atoms with Crippen LogP contribution in [0.5, 0.6) is 0 Å². The normalized spacial score (nSPS) is 12.9. The van der Waals surface area contributed by atoms with Gasteiger partial charge < -0.3 is 15.7 Å². The van der Waals surface area contributed by atoms with Crippen molar-refractivity contribution in [3.8, 4) is 0 Å². The van der Waals surface area contributed by atoms with E-state index < -0.39 is 6.10 Å². The molecule has 1 heterocycles. The molecule has 24 heavy (non-hydrogen) atoms. The molecule has 0 spiro atoms. The third kappa shape index (κ3) is 6.11. The zero-order valence-corrected chi connectivity index (χ0v) is 15.5. The van der Waals surface area contributed by atoms with Gasteiger partial charge in [0.1, 0.15) is 0 Å². The number of aryl methyl sites for hydroxylation is 1. The van der Waals surface area contributed by atoms with E-state index >= 15 is 0 Å². The molecule has 3 N–H and O–H groups in total. The highest BCUT2D eigenvalue weighted by molar-refractivity contribution is 7.11. The van der Waals surface area contributed by atoms with E-state index in [4.69, 9.17) is 11.6 Å². The molecule has 0 saturated carbocycles. The number of thiazole rings is 1. The largest absolute Gasteiger partial charge is 0.386 e. The average molecular weight is 367 g/mol. The van der Waals surface area contributed by atoms with Crippen LogP contribution in [0.15, 0.2) is 35.5 Å². The quantitative estimate of drug-likeness (QED) is 0.520. The molecule has 0 bridgehead atoms. The second kappa shape index (κ2) is 9.61. The fraction of sp³-hybridized carbons (Fsp3) is 0.412. The Bertz CT molecular complexity index is 657. The summed E-state index contributed by atoms with van der Waals surface area (Å²) in [6, 6.07) is 7.16. The number of hydrogen-bond acceptors (Lipinski definition) is 4. The fourth-order valence-corrected chi connectivity index (χ4v) is 3.03. The summed E-state index contributed by atoms with van der Waals surface area (Å²) in [6.07, 6.45) is 2.09. The van der Waals surface area contributed by atoms with Gasteiger partial charge in [0.15, 0.2) is 5.96 Å². The van der Waals surface area contributed by atoms with E-state index in [0.717, 1.165) is 30.1 Å². The molecule has 7 heteroatoms. The van der Waals surface area contributed by atoms with Crippen molar-refractivity contribution in [2.24, 2.45) is 4.99 Å². The number of nitrogens with zero attached hydrogens (tertiary/aromatic N) is 2. The van der Waals surface area contributed by atoms with Gasteiger partial charge in [0.25, 0.3) is 0 Å². The lowest BCUT2D eigenvalue weighted by Crippen LogP contribution is -2.38. The van der Waals surface area contributed by atoms with Gasteiger partial charge in [0, 0.05) is 35.6 Å². The molecular weight excluding hydrogens is 344 g/mol. The molecule has 130 valence electrons. The van der Waals surface area contributed by atoms with Crippen molar-refractivity contribution in [2.75, 3.05) is 19.6 Å². The number of guanidine groups is 1. The smallest absolute Gasteiger partial charge is 0.191 e. The van der Waals surface area contributed by atoms with Gasteiger partial charge in [-0.1, -0.05) is 23.7 Å². The molecule has 1 aromatic carbocycles. The van der Waals surface area contributed by atoms with Crippen molar-refractivity contribution in [3.05, 3.63) is 50.9 Å². The van der Waals surface area contributed by atoms with Crippen LogP contribution in [-0.2, 0) is 6.42 Å². The van der Waals surface area contributed by atoms with Gasteiger partial charge >= 0.3 is 0 Å². The van der Waals surface area contributed by atoms with Crippen molar-refractivity contribution >= 4 is 28.9 Å². The molecule has 0 radical (unpaired) electrons. The molecule has 0 amide bonds. The number of aliphatic imine (C=N–C) groups is 1. The van der Waals surface area contributed by atoms with Gasteiger partial charge in [-0.25, -0.2) is 4.98 Å². The Morgan fingerprint density at radius 2 is 2.08 bits per heavy atom. The van der Waals surface area contributed by atoms with Crippen LogP contribution in [0.2, 0.25) is 5.02 Å². The molecule has 1 aromatic heterocycles. The highest BCUT2D eigenvalue weighted by Crippen LogP contribution is 2.16. The van der Waals surface area contributed by atoms with Crippen molar-refractivity contribution in [1.82, 2.24) is 15.6 Å². The van der Waals surface area contributed by atoms with Crippen LogP contribution in [-0.4, -0.2) is 35.7 Å². The summed E-state index contributed by atoms with van der Waals surface area (Å²) in [7, 11) is 0. The second-order valence-electron chi connectivity index (χ2n) is 5.33. The Balaban J connectivity index is 1.86. The van der Waals surface area contributed by atoms with E-state index in [-0.39, 0.29) is 6.54 Å². The number of benzene rings is 1. The van der Waals surface area contributed by atoms with Gasteiger partial charge in [0.05, 0.1) is 17.7 Å². The monoisotopic (exact) mass is 366 g/mol. The van der Waals surface area contributed by atoms with Crippen LogP contribution in [0.1, 0.15) is 28.5 Å². The molecule has 2 rings (SSSR count). The molecule has 0 saturated heterocycles. The molecule has 1 atom stereocenters. The molecule has 0 aliphatic carbocycles. The summed E-state index contributed by atoms with van der Waals surface area (Å²) >= 11 is 7.57. The minimum Gasteiger partial charge on any atom is -0.386 e. The van der Waals surface area contributed by atoms with E-state index in [1.165, 1.54) is 4.88 Å². The highest BCUT2D eigenvalue weighted by Gasteiger charge is 2.07. The third-order valence-corrected chi connectivity index (χ3v) is 4.55. The number of aliphatic hydroxyl groups is 1. The lowest BCUT2D eigenvalue weighted by Gasteiger charge is -2.13. The summed E-state index contributed by atoms with van der Waals surface area (Å²) in [5.41, 5.74) is 0.803. The van der Waals surface area contributed by atoms with Crippen LogP contribution in [0.3, 0.4) is 0 Å². The molecule has 5 nitrogen and oxygen atoms in total. The van der Waals surface area contributed by atoms with E-state index in [0.29, 0.717) is 11.0 Å². The summed E-state index contributed by atoms with van der Waals surface area (Å²) < 4.78 is 0. The van der Waals surface area contributed by atoms with Crippen LogP contribution in [0.4, 0.5) is 0 Å². The highest BCUT2D eigenvalue weighted by atomic mass is 35.5. The topological polar surface area (TPSA) is 69.5 Å². The lowest BCUT2D eigenvalue weighted by atomic mass is 10.1. The van der Waals surface area contributed by atoms with Crippen LogP contribution < -0.4 is 10.6 Å². The molecule has 1 unspecified atom stereocenters. The Hall–Kier alpha value is -1.63. The molecular formula is C17H23ClN4OS. The molecule has 0 fully saturated rings. The van der Waals surface area contributed by atoms with E-state index in [9.17, 15) is 5.11 Å². The number of hydrogen-bond donors (Lipinski definition) is 3. The SMILES string of the molecule is CCNC(=NCC(O)c1ccc(Cl)cc1)NCCc1ncc(C)s1. The predicted molar refractivity (Wildman–Crippen MR) is 101 cm³/mol. The van der Waals surface area contributed by atoms with E-state index in [2.05, 4.69) is 27.5 Å². The van der Waals surface area contributed by atoms with Crippen molar-refractivity contribution in [3.63, 3.8) is 0 Å². The number of rotatable bonds is 7. The summed E-state index contributed by atoms with van der Waals surface area (Å²) in [5.74, 6) is 0.693. The standard InChI is InChI=1S/C17H23ClN4OS/c1-3-19-17(20-9-8-16-21-10-12(2)24-16)22-11-15(23)13-4-6-14(18)7-5-13/h4-7,10,15,23H,3,8-9,11H2,1-2H3,(H2,19,20,22). The fourth-order valence-electron chi connectivity index (χ4n) is 2.11. The Morgan fingerprint density at radius 3 is 2.71 bits per heavy atom. The Kier molecular flexibility index (Phi) is 7.49. The zero-order valence-electron chi connectivity index (χ0n) is 13.9. The molecule has 0 aliphatic rings. The van der Waals surface area contributed by atoms with E-state index in [1.807, 2.05) is 25.3 Å². The van der Waals surface area contributed by atoms with Gasteiger partial charge in [-0.2, -0.15) is 0 Å². The molecule has 2 aromatic rings. The summed E-state index contributed by atoms with van der Waals surface area (Å²) in [4.78, 5) is 10.0. The number of nitrogens with one attached hydrogen (secondary N) is 2. The maximum atomic E-state index is 10.2. The number of aliphatic hydroxyl groups excluding tert-OH is 1. The number of halogens is 1. The van der Waals surface area contributed by atoms with Gasteiger partial charge in [-0.05, 0) is 31.5 Å². The first-order chi connectivity index (χ1) is 11.6. The maximum absolute atomic E-state index is 10.2. The number of aromatic nitrogens is 1. The maximum Gasteiger partial charge on any atom is 0.191 e. The van der Waals surface area contributed by atoms with Gasteiger partial charge in [0.2, 0.25) is 0 Å². The Labute approximate surface area is 151 Å². The lowest BCUT2D eigenvalue weighted by molar-refractivity contribution is 0.187. The van der Waals surface area contributed by atoms with Crippen LogP contribution >= 0.6 is 22.9 Å². The van der Waals surface area contributed by atoms with Crippen molar-refractivity contribution in [2.45, 2.75) is 26.4 Å². The van der Waals surface area contributed by atoms with Crippen LogP contribution in [0, 0.1) is 6.92 Å². The zero-order chi connectivity index (χ0) is 17.4. The van der Waals surface area contributed by atoms with E-state index in [1.54, 1.807) is 23.5 Å². The second-order valence-corrected chi connectivity index (χ2v) is 7.08. The Morgan fingerprint density at radius 1 is 1.33 bits per heavy atom. The van der Waals surface area contributed by atoms with Crippen molar-refractivity contribution in [1.29, 1.82) is 0 Å². The average Bonchev–Trinajstić information content (AvgIpc) is 2.98. The summed E-state index contributed by atoms with van der Waals surface area (Å²) in [5, 5.41) is 18.4. The van der Waals surface area contributed by atoms with Gasteiger partial charge in [-0.3, -0.25) is 4.99 Å². The van der Waals surface area contributed by atoms with Crippen molar-refractivity contribution < 1.29 is 5.11 Å². The first-order valence-corrected chi connectivity index (χ1v) is 9.15. The first kappa shape index (κ1) is 18.7. The molecule has 0 aliphatic heterocycles. The predicted octanol–water partition coefficient (Wildman–Crippen LogP) is 2.94. The minimum atomic E-state index is -0.653.